The van der Waals surface area contributed by atoms with Gasteiger partial charge in [-0.05, 0) is 12.0 Å². The van der Waals surface area contributed by atoms with E-state index in [1.165, 1.54) is 5.56 Å². The molecule has 0 saturated carbocycles. The third kappa shape index (κ3) is 3.69. The molecule has 1 aromatic rings. The van der Waals surface area contributed by atoms with Crippen molar-refractivity contribution in [2.45, 2.75) is 31.8 Å². The van der Waals surface area contributed by atoms with Gasteiger partial charge in [0.1, 0.15) is 0 Å². The molecule has 2 nitrogen and oxygen atoms in total. The average Bonchev–Trinajstić information content (AvgIpc) is 2.35. The van der Waals surface area contributed by atoms with Gasteiger partial charge in [0.25, 0.3) is 0 Å². The van der Waals surface area contributed by atoms with Crippen LogP contribution in [0.25, 0.3) is 0 Å². The van der Waals surface area contributed by atoms with Crippen molar-refractivity contribution < 1.29 is 0 Å². The van der Waals surface area contributed by atoms with E-state index >= 15 is 0 Å². The third-order valence-corrected chi connectivity index (χ3v) is 2.62. The Balaban J connectivity index is 2.65. The molecule has 86 valence electrons. The first kappa shape index (κ1) is 12.8. The molecule has 1 aromatic carbocycles. The molecule has 0 fully saturated rings. The van der Waals surface area contributed by atoms with Gasteiger partial charge in [-0.15, -0.1) is 6.42 Å². The second kappa shape index (κ2) is 7.05. The Morgan fingerprint density at radius 1 is 1.38 bits per heavy atom. The molecule has 0 aromatic heterocycles. The van der Waals surface area contributed by atoms with E-state index in [-0.39, 0.29) is 12.1 Å². The van der Waals surface area contributed by atoms with Crippen LogP contribution in [-0.2, 0) is 0 Å². The minimum atomic E-state index is 0.110. The molecule has 3 N–H and O–H groups in total. The zero-order valence-electron chi connectivity index (χ0n) is 9.82. The number of hydrogen-bond donors (Lipinski definition) is 2. The van der Waals surface area contributed by atoms with Crippen molar-refractivity contribution in [3.8, 4) is 12.3 Å². The van der Waals surface area contributed by atoms with Gasteiger partial charge in [0.05, 0.1) is 6.04 Å². The van der Waals surface area contributed by atoms with Crippen LogP contribution in [0.1, 0.15) is 31.4 Å². The van der Waals surface area contributed by atoms with Crippen LogP contribution in [0.2, 0.25) is 0 Å². The van der Waals surface area contributed by atoms with Crippen LogP contribution in [0.3, 0.4) is 0 Å². The lowest BCUT2D eigenvalue weighted by Crippen LogP contribution is -2.35. The summed E-state index contributed by atoms with van der Waals surface area (Å²) >= 11 is 0. The molecule has 0 radical (unpaired) electrons. The molecular formula is C14H20N2. The molecule has 1 rings (SSSR count). The summed E-state index contributed by atoms with van der Waals surface area (Å²) in [7, 11) is 0. The van der Waals surface area contributed by atoms with Gasteiger partial charge in [-0.1, -0.05) is 49.6 Å². The standard InChI is InChI=1S/C14H20N2/c1-3-8-13(4-2)16-14(11-15)12-9-6-5-7-10-12/h2,5-7,9-10,13-14,16H,3,8,11,15H2,1H3. The number of terminal acetylenes is 1. The summed E-state index contributed by atoms with van der Waals surface area (Å²) < 4.78 is 0. The molecule has 0 heterocycles. The van der Waals surface area contributed by atoms with Crippen molar-refractivity contribution >= 4 is 0 Å². The molecule has 16 heavy (non-hydrogen) atoms. The first-order valence-electron chi connectivity index (χ1n) is 5.79. The lowest BCUT2D eigenvalue weighted by atomic mass is 10.0. The molecule has 2 heteroatoms. The van der Waals surface area contributed by atoms with E-state index in [1.54, 1.807) is 0 Å². The highest BCUT2D eigenvalue weighted by atomic mass is 15.0. The Morgan fingerprint density at radius 2 is 2.06 bits per heavy atom. The molecule has 2 unspecified atom stereocenters. The molecule has 0 spiro atoms. The summed E-state index contributed by atoms with van der Waals surface area (Å²) in [6.45, 7) is 2.69. The van der Waals surface area contributed by atoms with Crippen molar-refractivity contribution in [2.75, 3.05) is 6.54 Å². The fourth-order valence-electron chi connectivity index (χ4n) is 1.73. The molecule has 0 amide bonds. The Bertz CT molecular complexity index is 326. The van der Waals surface area contributed by atoms with Gasteiger partial charge in [-0.3, -0.25) is 5.32 Å². The Kier molecular flexibility index (Phi) is 5.63. The maximum absolute atomic E-state index is 5.77. The molecule has 2 atom stereocenters. The zero-order chi connectivity index (χ0) is 11.8. The highest BCUT2D eigenvalue weighted by molar-refractivity contribution is 5.20. The van der Waals surface area contributed by atoms with Gasteiger partial charge in [-0.25, -0.2) is 0 Å². The Labute approximate surface area is 98.2 Å². The molecule has 0 saturated heterocycles. The predicted molar refractivity (Wildman–Crippen MR) is 68.9 cm³/mol. The smallest absolute Gasteiger partial charge is 0.0692 e. The Morgan fingerprint density at radius 3 is 2.56 bits per heavy atom. The van der Waals surface area contributed by atoms with E-state index in [0.29, 0.717) is 6.54 Å². The van der Waals surface area contributed by atoms with E-state index in [9.17, 15) is 0 Å². The van der Waals surface area contributed by atoms with E-state index < -0.39 is 0 Å². The number of rotatable bonds is 6. The quantitative estimate of drug-likeness (QED) is 0.714. The van der Waals surface area contributed by atoms with Crippen LogP contribution in [-0.4, -0.2) is 12.6 Å². The van der Waals surface area contributed by atoms with Gasteiger partial charge in [0, 0.05) is 12.6 Å². The highest BCUT2D eigenvalue weighted by Gasteiger charge is 2.12. The van der Waals surface area contributed by atoms with E-state index in [2.05, 4.69) is 30.3 Å². The maximum Gasteiger partial charge on any atom is 0.0692 e. The first-order chi connectivity index (χ1) is 7.81. The lowest BCUT2D eigenvalue weighted by Gasteiger charge is -2.21. The zero-order valence-corrected chi connectivity index (χ0v) is 9.82. The van der Waals surface area contributed by atoms with Gasteiger partial charge >= 0.3 is 0 Å². The van der Waals surface area contributed by atoms with Crippen LogP contribution in [0.5, 0.6) is 0 Å². The summed E-state index contributed by atoms with van der Waals surface area (Å²) in [6.07, 6.45) is 7.55. The topological polar surface area (TPSA) is 38.0 Å². The van der Waals surface area contributed by atoms with E-state index in [1.807, 2.05) is 18.2 Å². The molecule has 0 bridgehead atoms. The van der Waals surface area contributed by atoms with Crippen molar-refractivity contribution in [3.05, 3.63) is 35.9 Å². The monoisotopic (exact) mass is 216 g/mol. The van der Waals surface area contributed by atoms with Crippen molar-refractivity contribution in [3.63, 3.8) is 0 Å². The normalized spacial score (nSPS) is 14.1. The lowest BCUT2D eigenvalue weighted by molar-refractivity contribution is 0.475. The van der Waals surface area contributed by atoms with Gasteiger partial charge in [0.2, 0.25) is 0 Å². The van der Waals surface area contributed by atoms with Crippen LogP contribution >= 0.6 is 0 Å². The van der Waals surface area contributed by atoms with Crippen molar-refractivity contribution in [2.24, 2.45) is 5.73 Å². The van der Waals surface area contributed by atoms with Crippen LogP contribution in [0.4, 0.5) is 0 Å². The average molecular weight is 216 g/mol. The van der Waals surface area contributed by atoms with Gasteiger partial charge in [-0.2, -0.15) is 0 Å². The maximum atomic E-state index is 5.77. The number of nitrogens with one attached hydrogen (secondary N) is 1. The van der Waals surface area contributed by atoms with Crippen molar-refractivity contribution in [1.82, 2.24) is 5.32 Å². The fraction of sp³-hybridized carbons (Fsp3) is 0.429. The molecule has 0 aliphatic heterocycles. The predicted octanol–water partition coefficient (Wildman–Crippen LogP) is 2.08. The van der Waals surface area contributed by atoms with Crippen LogP contribution in [0, 0.1) is 12.3 Å². The second-order valence-corrected chi connectivity index (χ2v) is 3.87. The van der Waals surface area contributed by atoms with E-state index in [4.69, 9.17) is 12.2 Å². The number of nitrogens with two attached hydrogens (primary N) is 1. The summed E-state index contributed by atoms with van der Waals surface area (Å²) in [5, 5.41) is 3.41. The summed E-state index contributed by atoms with van der Waals surface area (Å²) in [6, 6.07) is 10.4. The first-order valence-corrected chi connectivity index (χ1v) is 5.79. The largest absolute Gasteiger partial charge is 0.329 e. The summed E-state index contributed by atoms with van der Waals surface area (Å²) in [5.74, 6) is 2.77. The minimum Gasteiger partial charge on any atom is -0.329 e. The van der Waals surface area contributed by atoms with E-state index in [0.717, 1.165) is 12.8 Å². The van der Waals surface area contributed by atoms with Crippen LogP contribution < -0.4 is 11.1 Å². The number of hydrogen-bond acceptors (Lipinski definition) is 2. The summed E-state index contributed by atoms with van der Waals surface area (Å²) in [5.41, 5.74) is 6.97. The number of benzene rings is 1. The SMILES string of the molecule is C#CC(CCC)NC(CN)c1ccccc1. The molecule has 0 aliphatic carbocycles. The third-order valence-electron chi connectivity index (χ3n) is 2.62. The molecule has 0 aliphatic rings. The van der Waals surface area contributed by atoms with Crippen LogP contribution in [0.15, 0.2) is 30.3 Å². The Hall–Kier alpha value is -1.30. The minimum absolute atomic E-state index is 0.110. The summed E-state index contributed by atoms with van der Waals surface area (Å²) in [4.78, 5) is 0. The fourth-order valence-corrected chi connectivity index (χ4v) is 1.73. The van der Waals surface area contributed by atoms with Crippen molar-refractivity contribution in [1.29, 1.82) is 0 Å². The molecular weight excluding hydrogens is 196 g/mol. The van der Waals surface area contributed by atoms with Gasteiger partial charge in [0.15, 0.2) is 0 Å². The van der Waals surface area contributed by atoms with Gasteiger partial charge < -0.3 is 5.73 Å². The highest BCUT2D eigenvalue weighted by Crippen LogP contribution is 2.12. The second-order valence-electron chi connectivity index (χ2n) is 3.87.